The van der Waals surface area contributed by atoms with E-state index in [1.54, 1.807) is 12.1 Å². The molecule has 1 atom stereocenters. The maximum Gasteiger partial charge on any atom is 0.352 e. The fourth-order valence-corrected chi connectivity index (χ4v) is 2.35. The average Bonchev–Trinajstić information content (AvgIpc) is 2.46. The van der Waals surface area contributed by atoms with Gasteiger partial charge in [0, 0.05) is 11.9 Å². The molecule has 0 amide bonds. The number of carboxylic acids is 3. The minimum absolute atomic E-state index is 0.0607. The molecular weight excluding hydrogens is 292 g/mol. The van der Waals surface area contributed by atoms with E-state index >= 15 is 0 Å². The summed E-state index contributed by atoms with van der Waals surface area (Å²) >= 11 is 0. The third-order valence-electron chi connectivity index (χ3n) is 3.22. The van der Waals surface area contributed by atoms with Crippen molar-refractivity contribution >= 4 is 17.9 Å². The second-order valence-corrected chi connectivity index (χ2v) is 4.56. The van der Waals surface area contributed by atoms with E-state index in [1.807, 2.05) is 0 Å². The van der Waals surface area contributed by atoms with Gasteiger partial charge in [-0.2, -0.15) is 0 Å². The minimum atomic E-state index is -1.52. The topological polar surface area (TPSA) is 137 Å². The van der Waals surface area contributed by atoms with Crippen LogP contribution in [0.25, 0.3) is 0 Å². The average molecular weight is 304 g/mol. The van der Waals surface area contributed by atoms with E-state index in [9.17, 15) is 29.7 Å². The van der Waals surface area contributed by atoms with Crippen LogP contribution in [0.5, 0.6) is 0 Å². The second-order valence-electron chi connectivity index (χ2n) is 4.56. The lowest BCUT2D eigenvalue weighted by Gasteiger charge is -2.27. The van der Waals surface area contributed by atoms with Crippen LogP contribution < -0.4 is 5.32 Å². The number of hydrogen-bond acceptors (Lipinski definition) is 5. The smallest absolute Gasteiger partial charge is 0.352 e. The van der Waals surface area contributed by atoms with Crippen molar-refractivity contribution in [2.45, 2.75) is 12.8 Å². The normalized spacial score (nSPS) is 18.0. The van der Waals surface area contributed by atoms with Crippen LogP contribution in [0.15, 0.2) is 46.9 Å². The largest absolute Gasteiger partial charge is 0.478 e. The SMILES string of the molecule is CC1=C(C(=O)O)C(c2ccccn2)C(C(=O)O)=C(C(=O)O)N1. The second kappa shape index (κ2) is 5.68. The van der Waals surface area contributed by atoms with Crippen molar-refractivity contribution in [1.29, 1.82) is 0 Å². The van der Waals surface area contributed by atoms with E-state index in [4.69, 9.17) is 0 Å². The number of hydrogen-bond donors (Lipinski definition) is 4. The summed E-state index contributed by atoms with van der Waals surface area (Å²) in [6, 6.07) is 4.61. The molecule has 2 rings (SSSR count). The number of aromatic nitrogens is 1. The lowest BCUT2D eigenvalue weighted by molar-refractivity contribution is -0.137. The summed E-state index contributed by atoms with van der Waals surface area (Å²) in [7, 11) is 0. The molecule has 114 valence electrons. The summed E-state index contributed by atoms with van der Waals surface area (Å²) in [5.41, 5.74) is -1.16. The van der Waals surface area contributed by atoms with Gasteiger partial charge in [-0.1, -0.05) is 6.07 Å². The molecule has 8 heteroatoms. The van der Waals surface area contributed by atoms with Crippen molar-refractivity contribution in [3.05, 3.63) is 52.6 Å². The lowest BCUT2D eigenvalue weighted by Crippen LogP contribution is -2.35. The van der Waals surface area contributed by atoms with Crippen LogP contribution in [0, 0.1) is 0 Å². The minimum Gasteiger partial charge on any atom is -0.478 e. The maximum absolute atomic E-state index is 11.5. The molecule has 2 heterocycles. The predicted molar refractivity (Wildman–Crippen MR) is 72.7 cm³/mol. The number of dihydropyridines is 1. The van der Waals surface area contributed by atoms with E-state index < -0.39 is 35.1 Å². The highest BCUT2D eigenvalue weighted by Gasteiger charge is 2.40. The Morgan fingerprint density at radius 2 is 1.68 bits per heavy atom. The first kappa shape index (κ1) is 15.2. The van der Waals surface area contributed by atoms with Crippen molar-refractivity contribution in [1.82, 2.24) is 10.3 Å². The first-order chi connectivity index (χ1) is 10.3. The zero-order valence-electron chi connectivity index (χ0n) is 11.4. The third kappa shape index (κ3) is 2.53. The van der Waals surface area contributed by atoms with E-state index in [2.05, 4.69) is 10.3 Å². The number of nitrogens with one attached hydrogen (secondary N) is 1. The number of carbonyl (C=O) groups is 3. The van der Waals surface area contributed by atoms with Gasteiger partial charge in [-0.25, -0.2) is 14.4 Å². The fourth-order valence-electron chi connectivity index (χ4n) is 2.35. The van der Waals surface area contributed by atoms with Gasteiger partial charge in [0.2, 0.25) is 0 Å². The highest BCUT2D eigenvalue weighted by molar-refractivity contribution is 6.04. The monoisotopic (exact) mass is 304 g/mol. The van der Waals surface area contributed by atoms with Gasteiger partial charge in [-0.3, -0.25) is 4.98 Å². The van der Waals surface area contributed by atoms with Gasteiger partial charge in [0.1, 0.15) is 5.70 Å². The van der Waals surface area contributed by atoms with Gasteiger partial charge in [0.15, 0.2) is 0 Å². The van der Waals surface area contributed by atoms with Gasteiger partial charge in [0.25, 0.3) is 0 Å². The van der Waals surface area contributed by atoms with Crippen molar-refractivity contribution in [3.8, 4) is 0 Å². The molecule has 1 aromatic heterocycles. The highest BCUT2D eigenvalue weighted by Crippen LogP contribution is 2.37. The number of allylic oxidation sites excluding steroid dienone is 1. The molecule has 4 N–H and O–H groups in total. The molecule has 0 bridgehead atoms. The molecule has 8 nitrogen and oxygen atoms in total. The maximum atomic E-state index is 11.5. The van der Waals surface area contributed by atoms with E-state index in [0.29, 0.717) is 0 Å². The summed E-state index contributed by atoms with van der Waals surface area (Å²) in [6.07, 6.45) is 1.38. The zero-order valence-corrected chi connectivity index (χ0v) is 11.4. The quantitative estimate of drug-likeness (QED) is 0.633. The number of carboxylic acid groups (broad SMARTS) is 3. The van der Waals surface area contributed by atoms with Gasteiger partial charge in [-0.15, -0.1) is 0 Å². The number of pyridine rings is 1. The van der Waals surface area contributed by atoms with E-state index in [0.717, 1.165) is 0 Å². The number of nitrogens with zero attached hydrogens (tertiary/aromatic N) is 1. The first-order valence-electron chi connectivity index (χ1n) is 6.17. The Morgan fingerprint density at radius 3 is 2.14 bits per heavy atom. The lowest BCUT2D eigenvalue weighted by atomic mass is 9.82. The van der Waals surface area contributed by atoms with E-state index in [-0.39, 0.29) is 17.0 Å². The van der Waals surface area contributed by atoms with Crippen LogP contribution in [0.2, 0.25) is 0 Å². The molecule has 1 aliphatic rings. The molecule has 1 aliphatic heterocycles. The van der Waals surface area contributed by atoms with Crippen LogP contribution >= 0.6 is 0 Å². The van der Waals surface area contributed by atoms with Crippen LogP contribution in [0.3, 0.4) is 0 Å². The molecule has 0 spiro atoms. The van der Waals surface area contributed by atoms with Crippen LogP contribution in [-0.4, -0.2) is 38.2 Å². The standard InChI is InChI=1S/C14H12N2O6/c1-6-8(12(17)18)9(7-4-2-3-5-15-7)10(13(19)20)11(16-6)14(21)22/h2-5,9,16H,1H3,(H,17,18)(H,19,20)(H,21,22). The molecular formula is C14H12N2O6. The molecule has 0 fully saturated rings. The summed E-state index contributed by atoms with van der Waals surface area (Å²) in [5.74, 6) is -5.62. The van der Waals surface area contributed by atoms with Crippen molar-refractivity contribution in [2.75, 3.05) is 0 Å². The van der Waals surface area contributed by atoms with Crippen molar-refractivity contribution in [2.24, 2.45) is 0 Å². The van der Waals surface area contributed by atoms with Crippen molar-refractivity contribution < 1.29 is 29.7 Å². The summed E-state index contributed by atoms with van der Waals surface area (Å²) < 4.78 is 0. The third-order valence-corrected chi connectivity index (χ3v) is 3.22. The molecule has 22 heavy (non-hydrogen) atoms. The summed E-state index contributed by atoms with van der Waals surface area (Å²) in [4.78, 5) is 38.3. The zero-order chi connectivity index (χ0) is 16.4. The van der Waals surface area contributed by atoms with Gasteiger partial charge >= 0.3 is 17.9 Å². The Labute approximate surface area is 124 Å². The molecule has 0 aliphatic carbocycles. The Bertz CT molecular complexity index is 720. The van der Waals surface area contributed by atoms with Crippen LogP contribution in [0.1, 0.15) is 18.5 Å². The Hall–Kier alpha value is -3.16. The van der Waals surface area contributed by atoms with Gasteiger partial charge < -0.3 is 20.6 Å². The molecule has 0 radical (unpaired) electrons. The molecule has 0 aromatic carbocycles. The summed E-state index contributed by atoms with van der Waals surface area (Å²) in [5, 5.41) is 30.3. The number of aliphatic carboxylic acids is 3. The fraction of sp³-hybridized carbons (Fsp3) is 0.143. The highest BCUT2D eigenvalue weighted by atomic mass is 16.4. The van der Waals surface area contributed by atoms with E-state index in [1.165, 1.54) is 19.2 Å². The molecule has 1 aromatic rings. The molecule has 1 unspecified atom stereocenters. The Balaban J connectivity index is 2.76. The molecule has 0 saturated carbocycles. The number of rotatable bonds is 4. The van der Waals surface area contributed by atoms with Gasteiger partial charge in [-0.05, 0) is 19.1 Å². The van der Waals surface area contributed by atoms with Gasteiger partial charge in [0.05, 0.1) is 22.8 Å². The van der Waals surface area contributed by atoms with Crippen molar-refractivity contribution in [3.63, 3.8) is 0 Å². The Morgan fingerprint density at radius 1 is 1.05 bits per heavy atom. The van der Waals surface area contributed by atoms with Crippen LogP contribution in [0.4, 0.5) is 0 Å². The predicted octanol–water partition coefficient (Wildman–Crippen LogP) is 0.550. The Kier molecular flexibility index (Phi) is 3.93. The molecule has 0 saturated heterocycles. The van der Waals surface area contributed by atoms with Crippen LogP contribution in [-0.2, 0) is 14.4 Å². The first-order valence-corrected chi connectivity index (χ1v) is 6.17. The summed E-state index contributed by atoms with van der Waals surface area (Å²) in [6.45, 7) is 1.38.